The molecule has 0 unspecified atom stereocenters. The average Bonchev–Trinajstić information content (AvgIpc) is 2.95. The van der Waals surface area contributed by atoms with Gasteiger partial charge in [0, 0.05) is 31.2 Å². The summed E-state index contributed by atoms with van der Waals surface area (Å²) in [5.74, 6) is -0.891. The Bertz CT molecular complexity index is 695. The van der Waals surface area contributed by atoms with Crippen molar-refractivity contribution in [3.63, 3.8) is 0 Å². The zero-order valence-corrected chi connectivity index (χ0v) is 16.0. The Morgan fingerprint density at radius 2 is 2.04 bits per heavy atom. The summed E-state index contributed by atoms with van der Waals surface area (Å²) in [6.07, 6.45) is 2.49. The lowest BCUT2D eigenvalue weighted by atomic mass is 10.1. The van der Waals surface area contributed by atoms with Gasteiger partial charge in [0.15, 0.2) is 0 Å². The van der Waals surface area contributed by atoms with E-state index in [1.54, 1.807) is 17.8 Å². The molecule has 2 N–H and O–H groups in total. The predicted octanol–water partition coefficient (Wildman–Crippen LogP) is 2.84. The largest absolute Gasteiger partial charge is 0.481 e. The molecular formula is C19H23F2NO5S. The molecule has 1 aromatic carbocycles. The van der Waals surface area contributed by atoms with Gasteiger partial charge in [-0.2, -0.15) is 11.8 Å². The Kier molecular flexibility index (Phi) is 8.72. The van der Waals surface area contributed by atoms with Crippen LogP contribution in [0.15, 0.2) is 30.4 Å². The van der Waals surface area contributed by atoms with Crippen molar-refractivity contribution in [3.05, 3.63) is 47.5 Å². The molecule has 1 aromatic rings. The Balaban J connectivity index is 1.80. The van der Waals surface area contributed by atoms with Crippen LogP contribution in [0.1, 0.15) is 18.4 Å². The van der Waals surface area contributed by atoms with Crippen molar-refractivity contribution in [3.8, 4) is 0 Å². The topological polar surface area (TPSA) is 87.1 Å². The summed E-state index contributed by atoms with van der Waals surface area (Å²) < 4.78 is 31.5. The Hall–Kier alpha value is -2.13. The van der Waals surface area contributed by atoms with Crippen LogP contribution in [0.25, 0.3) is 0 Å². The van der Waals surface area contributed by atoms with E-state index in [1.807, 2.05) is 0 Å². The summed E-state index contributed by atoms with van der Waals surface area (Å²) in [7, 11) is 0. The van der Waals surface area contributed by atoms with E-state index in [0.29, 0.717) is 30.0 Å². The molecule has 1 amide bonds. The third-order valence-corrected chi connectivity index (χ3v) is 5.14. The number of carboxylic acids is 1. The van der Waals surface area contributed by atoms with Crippen LogP contribution in [0.4, 0.5) is 13.6 Å². The molecule has 1 heterocycles. The number of nitrogens with zero attached hydrogens (tertiary/aromatic N) is 1. The molecule has 0 radical (unpaired) electrons. The van der Waals surface area contributed by atoms with Crippen molar-refractivity contribution < 1.29 is 33.3 Å². The molecule has 154 valence electrons. The van der Waals surface area contributed by atoms with Gasteiger partial charge in [0.2, 0.25) is 0 Å². The first-order valence-corrected chi connectivity index (χ1v) is 10.0. The summed E-state index contributed by atoms with van der Waals surface area (Å²) in [5.41, 5.74) is 0.336. The number of hydrogen-bond acceptors (Lipinski definition) is 5. The number of rotatable bonds is 11. The summed E-state index contributed by atoms with van der Waals surface area (Å²) >= 11 is 1.56. The van der Waals surface area contributed by atoms with Crippen molar-refractivity contribution in [2.45, 2.75) is 31.4 Å². The second-order valence-electron chi connectivity index (χ2n) is 6.38. The van der Waals surface area contributed by atoms with Crippen molar-refractivity contribution in [1.29, 1.82) is 0 Å². The molecule has 0 bridgehead atoms. The smallest absolute Gasteiger partial charge is 0.410 e. The molecule has 1 fully saturated rings. The number of halogens is 2. The first-order chi connectivity index (χ1) is 13.3. The molecule has 1 aliphatic heterocycles. The molecule has 6 nitrogen and oxygen atoms in total. The normalized spacial score (nSPS) is 17.9. The van der Waals surface area contributed by atoms with Crippen LogP contribution in [-0.4, -0.2) is 64.0 Å². The fourth-order valence-electron chi connectivity index (χ4n) is 2.77. The number of amides is 1. The first-order valence-electron chi connectivity index (χ1n) is 8.89. The van der Waals surface area contributed by atoms with Gasteiger partial charge in [-0.1, -0.05) is 12.2 Å². The number of carboxylic acid groups (broad SMARTS) is 1. The van der Waals surface area contributed by atoms with E-state index >= 15 is 0 Å². The number of aliphatic hydroxyl groups excluding tert-OH is 1. The van der Waals surface area contributed by atoms with Crippen LogP contribution in [0.3, 0.4) is 0 Å². The lowest BCUT2D eigenvalue weighted by Gasteiger charge is -2.18. The van der Waals surface area contributed by atoms with Gasteiger partial charge in [-0.05, 0) is 29.9 Å². The maximum absolute atomic E-state index is 13.2. The van der Waals surface area contributed by atoms with Crippen LogP contribution in [0.5, 0.6) is 0 Å². The van der Waals surface area contributed by atoms with Gasteiger partial charge in [0.1, 0.15) is 18.2 Å². The molecule has 9 heteroatoms. The van der Waals surface area contributed by atoms with Crippen LogP contribution in [0, 0.1) is 11.6 Å². The van der Waals surface area contributed by atoms with Gasteiger partial charge in [-0.25, -0.2) is 13.6 Å². The molecule has 2 atom stereocenters. The lowest BCUT2D eigenvalue weighted by Crippen LogP contribution is -2.34. The Labute approximate surface area is 166 Å². The minimum atomic E-state index is -0.954. The van der Waals surface area contributed by atoms with E-state index < -0.39 is 29.8 Å². The van der Waals surface area contributed by atoms with E-state index in [0.717, 1.165) is 18.2 Å². The standard InChI is InChI=1S/C19H23F2NO5S/c20-14-8-13(9-15(21)11-14)10-17(23)4-3-16-12-27-19(26)22(16)5-7-28-6-1-2-18(24)25/h3-4,8-9,11,16-17,23H,1-2,5-7,10,12H2,(H,24,25)/b4-3+/t16-,17+/m0/s1. The van der Waals surface area contributed by atoms with E-state index in [2.05, 4.69) is 0 Å². The molecule has 2 rings (SSSR count). The maximum atomic E-state index is 13.2. The second kappa shape index (κ2) is 11.0. The second-order valence-corrected chi connectivity index (χ2v) is 7.61. The number of thioether (sulfide) groups is 1. The van der Waals surface area contributed by atoms with Gasteiger partial charge in [-0.3, -0.25) is 9.69 Å². The molecule has 1 aliphatic rings. The molecule has 28 heavy (non-hydrogen) atoms. The number of benzene rings is 1. The van der Waals surface area contributed by atoms with Crippen molar-refractivity contribution in [2.75, 3.05) is 24.7 Å². The number of cyclic esters (lactones) is 1. The van der Waals surface area contributed by atoms with E-state index in [1.165, 1.54) is 11.0 Å². The summed E-state index contributed by atoms with van der Waals surface area (Å²) in [6, 6.07) is 2.77. The number of hydrogen-bond donors (Lipinski definition) is 2. The highest BCUT2D eigenvalue weighted by Crippen LogP contribution is 2.17. The molecule has 0 aromatic heterocycles. The third kappa shape index (κ3) is 7.47. The minimum absolute atomic E-state index is 0.0478. The van der Waals surface area contributed by atoms with Crippen molar-refractivity contribution in [2.24, 2.45) is 0 Å². The van der Waals surface area contributed by atoms with Crippen molar-refractivity contribution in [1.82, 2.24) is 4.90 Å². The fourth-order valence-corrected chi connectivity index (χ4v) is 3.65. The van der Waals surface area contributed by atoms with Gasteiger partial charge in [0.25, 0.3) is 0 Å². The van der Waals surface area contributed by atoms with Crippen molar-refractivity contribution >= 4 is 23.8 Å². The zero-order chi connectivity index (χ0) is 20.5. The highest BCUT2D eigenvalue weighted by Gasteiger charge is 2.30. The number of aliphatic hydroxyl groups is 1. The van der Waals surface area contributed by atoms with E-state index in [4.69, 9.17) is 9.84 Å². The molecule has 1 saturated heterocycles. The Morgan fingerprint density at radius 1 is 1.32 bits per heavy atom. The van der Waals surface area contributed by atoms with Gasteiger partial charge in [-0.15, -0.1) is 0 Å². The summed E-state index contributed by atoms with van der Waals surface area (Å²) in [5, 5.41) is 18.7. The predicted molar refractivity (Wildman–Crippen MR) is 101 cm³/mol. The molecule has 0 aliphatic carbocycles. The van der Waals surface area contributed by atoms with Crippen LogP contribution in [-0.2, 0) is 16.0 Å². The summed E-state index contributed by atoms with van der Waals surface area (Å²) in [4.78, 5) is 23.8. The van der Waals surface area contributed by atoms with E-state index in [-0.39, 0.29) is 25.5 Å². The monoisotopic (exact) mass is 415 g/mol. The lowest BCUT2D eigenvalue weighted by molar-refractivity contribution is -0.137. The highest BCUT2D eigenvalue weighted by atomic mass is 32.2. The Morgan fingerprint density at radius 3 is 2.71 bits per heavy atom. The quantitative estimate of drug-likeness (QED) is 0.427. The zero-order valence-electron chi connectivity index (χ0n) is 15.2. The van der Waals surface area contributed by atoms with Crippen LogP contribution < -0.4 is 0 Å². The molecule has 0 saturated carbocycles. The maximum Gasteiger partial charge on any atom is 0.410 e. The van der Waals surface area contributed by atoms with Gasteiger partial charge < -0.3 is 14.9 Å². The number of carbonyl (C=O) groups is 2. The van der Waals surface area contributed by atoms with Crippen LogP contribution >= 0.6 is 11.8 Å². The first kappa shape index (κ1) is 22.2. The van der Waals surface area contributed by atoms with E-state index in [9.17, 15) is 23.5 Å². The molecular weight excluding hydrogens is 392 g/mol. The number of carbonyl (C=O) groups excluding carboxylic acids is 1. The fraction of sp³-hybridized carbons (Fsp3) is 0.474. The molecule has 0 spiro atoms. The van der Waals surface area contributed by atoms with Gasteiger partial charge >= 0.3 is 12.1 Å². The van der Waals surface area contributed by atoms with Crippen LogP contribution in [0.2, 0.25) is 0 Å². The third-order valence-electron chi connectivity index (χ3n) is 4.09. The van der Waals surface area contributed by atoms with Gasteiger partial charge in [0.05, 0.1) is 12.1 Å². The highest BCUT2D eigenvalue weighted by molar-refractivity contribution is 7.99. The SMILES string of the molecule is O=C(O)CCCSCCN1C(=O)OC[C@@H]1/C=C/[C@@H](O)Cc1cc(F)cc(F)c1. The summed E-state index contributed by atoms with van der Waals surface area (Å²) in [6.45, 7) is 0.608. The average molecular weight is 415 g/mol. The minimum Gasteiger partial charge on any atom is -0.481 e. The number of aliphatic carboxylic acids is 1. The number of ether oxygens (including phenoxy) is 1.